The zero-order valence-electron chi connectivity index (χ0n) is 12.6. The number of nitrogens with one attached hydrogen (secondary N) is 1. The average Bonchev–Trinajstić information content (AvgIpc) is 2.94. The summed E-state index contributed by atoms with van der Waals surface area (Å²) in [4.78, 5) is 2.41. The first kappa shape index (κ1) is 16.7. The smallest absolute Gasteiger partial charge is 0.0587 e. The summed E-state index contributed by atoms with van der Waals surface area (Å²) >= 11 is 3.67. The van der Waals surface area contributed by atoms with Crippen molar-refractivity contribution in [2.24, 2.45) is 5.92 Å². The Balaban J connectivity index is 1.90. The minimum Gasteiger partial charge on any atom is -0.396 e. The zero-order chi connectivity index (χ0) is 15.1. The summed E-state index contributed by atoms with van der Waals surface area (Å²) in [6.45, 7) is 4.88. The van der Waals surface area contributed by atoms with Gasteiger partial charge < -0.3 is 20.1 Å². The highest BCUT2D eigenvalue weighted by Gasteiger charge is 2.22. The number of ether oxygens (including phenoxy) is 1. The summed E-state index contributed by atoms with van der Waals surface area (Å²) in [5, 5.41) is 12.4. The van der Waals surface area contributed by atoms with Crippen LogP contribution in [-0.4, -0.2) is 45.1 Å². The Bertz CT molecular complexity index is 442. The Kier molecular flexibility index (Phi) is 6.96. The SMILES string of the molecule is COCCNCc1ccc(N2CCC(CCO)C2)cc1Br. The number of benzene rings is 1. The van der Waals surface area contributed by atoms with Crippen LogP contribution in [0.15, 0.2) is 22.7 Å². The second-order valence-corrected chi connectivity index (χ2v) is 6.41. The predicted molar refractivity (Wildman–Crippen MR) is 89.7 cm³/mol. The average molecular weight is 357 g/mol. The molecule has 2 rings (SSSR count). The molecule has 1 aliphatic heterocycles. The second-order valence-electron chi connectivity index (χ2n) is 5.56. The zero-order valence-corrected chi connectivity index (χ0v) is 14.2. The molecule has 0 bridgehead atoms. The monoisotopic (exact) mass is 356 g/mol. The highest BCUT2D eigenvalue weighted by molar-refractivity contribution is 9.10. The van der Waals surface area contributed by atoms with Crippen molar-refractivity contribution in [1.82, 2.24) is 5.32 Å². The topological polar surface area (TPSA) is 44.7 Å². The van der Waals surface area contributed by atoms with Crippen LogP contribution in [0.2, 0.25) is 0 Å². The van der Waals surface area contributed by atoms with Gasteiger partial charge in [-0.3, -0.25) is 0 Å². The first-order valence-corrected chi connectivity index (χ1v) is 8.37. The van der Waals surface area contributed by atoms with Crippen molar-refractivity contribution >= 4 is 21.6 Å². The second kappa shape index (κ2) is 8.73. The number of hydrogen-bond donors (Lipinski definition) is 2. The normalized spacial score (nSPS) is 18.4. The summed E-state index contributed by atoms with van der Waals surface area (Å²) in [5.41, 5.74) is 2.53. The van der Waals surface area contributed by atoms with Crippen LogP contribution in [0.3, 0.4) is 0 Å². The van der Waals surface area contributed by atoms with E-state index in [1.54, 1.807) is 7.11 Å². The fourth-order valence-corrected chi connectivity index (χ4v) is 3.27. The molecule has 1 fully saturated rings. The number of aliphatic hydroxyl groups is 1. The molecule has 0 saturated carbocycles. The third-order valence-electron chi connectivity index (χ3n) is 4.02. The molecule has 0 aliphatic carbocycles. The third kappa shape index (κ3) is 4.95. The van der Waals surface area contributed by atoms with Gasteiger partial charge in [-0.15, -0.1) is 0 Å². The van der Waals surface area contributed by atoms with E-state index in [1.807, 2.05) is 0 Å². The maximum atomic E-state index is 9.04. The highest BCUT2D eigenvalue weighted by atomic mass is 79.9. The van der Waals surface area contributed by atoms with Gasteiger partial charge in [-0.1, -0.05) is 22.0 Å². The summed E-state index contributed by atoms with van der Waals surface area (Å²) in [6.07, 6.45) is 2.09. The molecular weight excluding hydrogens is 332 g/mol. The van der Waals surface area contributed by atoms with Crippen molar-refractivity contribution < 1.29 is 9.84 Å². The summed E-state index contributed by atoms with van der Waals surface area (Å²) in [6, 6.07) is 6.58. The summed E-state index contributed by atoms with van der Waals surface area (Å²) in [5.74, 6) is 0.629. The number of methoxy groups -OCH3 is 1. The number of anilines is 1. The summed E-state index contributed by atoms with van der Waals surface area (Å²) < 4.78 is 6.18. The van der Waals surface area contributed by atoms with Crippen molar-refractivity contribution in [2.45, 2.75) is 19.4 Å². The molecule has 4 nitrogen and oxygen atoms in total. The van der Waals surface area contributed by atoms with E-state index in [0.717, 1.165) is 43.7 Å². The van der Waals surface area contributed by atoms with E-state index in [0.29, 0.717) is 12.5 Å². The van der Waals surface area contributed by atoms with Crippen LogP contribution in [0, 0.1) is 5.92 Å². The molecule has 1 aliphatic rings. The Morgan fingerprint density at radius 2 is 2.33 bits per heavy atom. The van der Waals surface area contributed by atoms with Crippen molar-refractivity contribution in [2.75, 3.05) is 44.9 Å². The maximum Gasteiger partial charge on any atom is 0.0587 e. The van der Waals surface area contributed by atoms with Crippen LogP contribution in [0.25, 0.3) is 0 Å². The van der Waals surface area contributed by atoms with Crippen LogP contribution >= 0.6 is 15.9 Å². The molecule has 1 atom stereocenters. The largest absolute Gasteiger partial charge is 0.396 e. The van der Waals surface area contributed by atoms with Crippen molar-refractivity contribution in [1.29, 1.82) is 0 Å². The highest BCUT2D eigenvalue weighted by Crippen LogP contribution is 2.29. The minimum absolute atomic E-state index is 0.300. The van der Waals surface area contributed by atoms with Gasteiger partial charge in [0.1, 0.15) is 0 Å². The van der Waals surface area contributed by atoms with E-state index in [9.17, 15) is 0 Å². The van der Waals surface area contributed by atoms with E-state index >= 15 is 0 Å². The standard InChI is InChI=1S/C16H25BrN2O2/c1-21-9-6-18-11-14-2-3-15(10-16(14)17)19-7-4-13(12-19)5-8-20/h2-3,10,13,18,20H,4-9,11-12H2,1H3. The first-order chi connectivity index (χ1) is 10.2. The molecule has 1 saturated heterocycles. The molecule has 2 N–H and O–H groups in total. The van der Waals surface area contributed by atoms with E-state index in [2.05, 4.69) is 44.3 Å². The van der Waals surface area contributed by atoms with Gasteiger partial charge in [0.15, 0.2) is 0 Å². The van der Waals surface area contributed by atoms with Crippen LogP contribution in [0.4, 0.5) is 5.69 Å². The molecule has 0 spiro atoms. The lowest BCUT2D eigenvalue weighted by Crippen LogP contribution is -2.21. The number of rotatable bonds is 8. The van der Waals surface area contributed by atoms with Gasteiger partial charge in [0, 0.05) is 50.1 Å². The fourth-order valence-electron chi connectivity index (χ4n) is 2.76. The first-order valence-electron chi connectivity index (χ1n) is 7.58. The van der Waals surface area contributed by atoms with Gasteiger partial charge in [-0.2, -0.15) is 0 Å². The quantitative estimate of drug-likeness (QED) is 0.702. The minimum atomic E-state index is 0.300. The van der Waals surface area contributed by atoms with Gasteiger partial charge in [0.05, 0.1) is 6.61 Å². The Morgan fingerprint density at radius 3 is 3.05 bits per heavy atom. The molecule has 1 aromatic carbocycles. The molecule has 5 heteroatoms. The predicted octanol–water partition coefficient (Wildman–Crippen LogP) is 2.39. The van der Waals surface area contributed by atoms with Crippen LogP contribution in [0.1, 0.15) is 18.4 Å². The van der Waals surface area contributed by atoms with Gasteiger partial charge >= 0.3 is 0 Å². The van der Waals surface area contributed by atoms with Crippen LogP contribution < -0.4 is 10.2 Å². The van der Waals surface area contributed by atoms with Crippen molar-refractivity contribution in [3.05, 3.63) is 28.2 Å². The number of aliphatic hydroxyl groups excluding tert-OH is 1. The molecule has 0 radical (unpaired) electrons. The molecular formula is C16H25BrN2O2. The lowest BCUT2D eigenvalue weighted by atomic mass is 10.1. The fraction of sp³-hybridized carbons (Fsp3) is 0.625. The molecule has 21 heavy (non-hydrogen) atoms. The van der Waals surface area contributed by atoms with E-state index in [-0.39, 0.29) is 0 Å². The van der Waals surface area contributed by atoms with Crippen molar-refractivity contribution in [3.63, 3.8) is 0 Å². The molecule has 1 heterocycles. The Morgan fingerprint density at radius 1 is 1.48 bits per heavy atom. The van der Waals surface area contributed by atoms with Gasteiger partial charge in [0.2, 0.25) is 0 Å². The maximum absolute atomic E-state index is 9.04. The molecule has 0 aromatic heterocycles. The van der Waals surface area contributed by atoms with Crippen LogP contribution in [0.5, 0.6) is 0 Å². The number of halogens is 1. The van der Waals surface area contributed by atoms with E-state index in [4.69, 9.17) is 9.84 Å². The molecule has 118 valence electrons. The lowest BCUT2D eigenvalue weighted by Gasteiger charge is -2.20. The van der Waals surface area contributed by atoms with Crippen molar-refractivity contribution in [3.8, 4) is 0 Å². The van der Waals surface area contributed by atoms with Gasteiger partial charge in [-0.25, -0.2) is 0 Å². The Hall–Kier alpha value is -0.620. The van der Waals surface area contributed by atoms with Crippen LogP contribution in [-0.2, 0) is 11.3 Å². The third-order valence-corrected chi connectivity index (χ3v) is 4.76. The van der Waals surface area contributed by atoms with Gasteiger partial charge in [0.25, 0.3) is 0 Å². The van der Waals surface area contributed by atoms with Gasteiger partial charge in [-0.05, 0) is 36.5 Å². The lowest BCUT2D eigenvalue weighted by molar-refractivity contribution is 0.199. The molecule has 0 amide bonds. The van der Waals surface area contributed by atoms with E-state index in [1.165, 1.54) is 17.7 Å². The summed E-state index contributed by atoms with van der Waals surface area (Å²) in [7, 11) is 1.71. The van der Waals surface area contributed by atoms with E-state index < -0.39 is 0 Å². The molecule has 1 unspecified atom stereocenters. The Labute approximate surface area is 135 Å². The molecule has 1 aromatic rings. The number of hydrogen-bond acceptors (Lipinski definition) is 4. The number of nitrogens with zero attached hydrogens (tertiary/aromatic N) is 1.